The molecule has 0 saturated heterocycles. The topological polar surface area (TPSA) is 90.2 Å². The van der Waals surface area contributed by atoms with E-state index in [0.29, 0.717) is 18.4 Å². The van der Waals surface area contributed by atoms with Crippen molar-refractivity contribution in [3.63, 3.8) is 0 Å². The van der Waals surface area contributed by atoms with Crippen LogP contribution in [0.5, 0.6) is 0 Å². The average Bonchev–Trinajstić information content (AvgIpc) is 3.44. The summed E-state index contributed by atoms with van der Waals surface area (Å²) in [5.41, 5.74) is -2.04. The number of aromatic nitrogens is 2. The lowest BCUT2D eigenvalue weighted by atomic mass is 10.1. The number of fused-ring (bicyclic) bond motifs is 1. The second-order valence-electron chi connectivity index (χ2n) is 8.27. The fraction of sp³-hybridized carbons (Fsp3) is 0.333. The summed E-state index contributed by atoms with van der Waals surface area (Å²) in [6, 6.07) is 8.23. The molecule has 1 aliphatic carbocycles. The molecule has 4 rings (SSSR count). The Labute approximate surface area is 181 Å². The Bertz CT molecular complexity index is 1430. The second-order valence-corrected chi connectivity index (χ2v) is 9.96. The first-order valence-corrected chi connectivity index (χ1v) is 11.2. The van der Waals surface area contributed by atoms with Crippen LogP contribution < -0.4 is 16.0 Å². The molecule has 1 heterocycles. The van der Waals surface area contributed by atoms with Crippen LogP contribution in [0.4, 0.5) is 13.2 Å². The van der Waals surface area contributed by atoms with Crippen LogP contribution in [0, 0.1) is 0 Å². The number of nitrogens with zero attached hydrogens (tertiary/aromatic N) is 2. The summed E-state index contributed by atoms with van der Waals surface area (Å²) in [6.07, 6.45) is -3.05. The van der Waals surface area contributed by atoms with E-state index in [0.717, 1.165) is 16.7 Å². The molecule has 0 bridgehead atoms. The van der Waals surface area contributed by atoms with Crippen LogP contribution >= 0.6 is 0 Å². The standard InChI is InChI=1S/C21H20F3N3O4S/c1-20(9-10-20)25-32(30,31)15-7-8-17-16(11-15)18(28)26(2)19(29)27(17)12-13-3-5-14(6-4-13)21(22,23)24/h3-8,11,25H,9-10,12H2,1-2H3. The lowest BCUT2D eigenvalue weighted by Crippen LogP contribution is -2.38. The lowest BCUT2D eigenvalue weighted by Gasteiger charge is -2.15. The van der Waals surface area contributed by atoms with Gasteiger partial charge in [-0.25, -0.2) is 17.9 Å². The molecule has 0 atom stereocenters. The highest BCUT2D eigenvalue weighted by Gasteiger charge is 2.41. The summed E-state index contributed by atoms with van der Waals surface area (Å²) >= 11 is 0. The quantitative estimate of drug-likeness (QED) is 0.625. The van der Waals surface area contributed by atoms with Gasteiger partial charge in [-0.2, -0.15) is 13.2 Å². The predicted octanol–water partition coefficient (Wildman–Crippen LogP) is 2.60. The maximum atomic E-state index is 12.8. The number of nitrogens with one attached hydrogen (secondary N) is 1. The number of hydrogen-bond donors (Lipinski definition) is 1. The Morgan fingerprint density at radius 1 is 1.06 bits per heavy atom. The highest BCUT2D eigenvalue weighted by Crippen LogP contribution is 2.36. The fourth-order valence-corrected chi connectivity index (χ4v) is 4.94. The molecule has 2 aromatic carbocycles. The number of benzene rings is 2. The van der Waals surface area contributed by atoms with Gasteiger partial charge in [0, 0.05) is 12.6 Å². The van der Waals surface area contributed by atoms with Crippen LogP contribution in [0.2, 0.25) is 0 Å². The first-order valence-electron chi connectivity index (χ1n) is 9.74. The van der Waals surface area contributed by atoms with Crippen LogP contribution in [0.15, 0.2) is 56.9 Å². The molecule has 1 N–H and O–H groups in total. The van der Waals surface area contributed by atoms with Gasteiger partial charge in [0.05, 0.1) is 27.9 Å². The molecule has 170 valence electrons. The molecule has 1 saturated carbocycles. The van der Waals surface area contributed by atoms with E-state index in [1.807, 2.05) is 0 Å². The van der Waals surface area contributed by atoms with Crippen molar-refractivity contribution in [2.24, 2.45) is 7.05 Å². The van der Waals surface area contributed by atoms with Crippen molar-refractivity contribution in [1.29, 1.82) is 0 Å². The van der Waals surface area contributed by atoms with Gasteiger partial charge < -0.3 is 0 Å². The Morgan fingerprint density at radius 2 is 1.69 bits per heavy atom. The SMILES string of the molecule is Cn1c(=O)c2cc(S(=O)(=O)NC3(C)CC3)ccc2n(Cc2ccc(C(F)(F)F)cc2)c1=O. The molecule has 1 aliphatic rings. The molecular formula is C21H20F3N3O4S. The number of rotatable bonds is 5. The molecule has 0 unspecified atom stereocenters. The number of halogens is 3. The molecule has 0 aliphatic heterocycles. The molecule has 1 aromatic heterocycles. The number of sulfonamides is 1. The fourth-order valence-electron chi connectivity index (χ4n) is 3.45. The van der Waals surface area contributed by atoms with Crippen molar-refractivity contribution in [1.82, 2.24) is 13.9 Å². The normalized spacial score (nSPS) is 15.8. The summed E-state index contributed by atoms with van der Waals surface area (Å²) < 4.78 is 68.5. The molecular weight excluding hydrogens is 447 g/mol. The van der Waals surface area contributed by atoms with Crippen molar-refractivity contribution in [2.45, 2.75) is 42.9 Å². The van der Waals surface area contributed by atoms with Crippen LogP contribution in [0.25, 0.3) is 10.9 Å². The Morgan fingerprint density at radius 3 is 2.25 bits per heavy atom. The van der Waals surface area contributed by atoms with Crippen LogP contribution in [0.3, 0.4) is 0 Å². The number of hydrogen-bond acceptors (Lipinski definition) is 4. The molecule has 0 radical (unpaired) electrons. The van der Waals surface area contributed by atoms with E-state index >= 15 is 0 Å². The maximum Gasteiger partial charge on any atom is 0.416 e. The Kier molecular flexibility index (Phi) is 5.09. The first kappa shape index (κ1) is 22.3. The van der Waals surface area contributed by atoms with Crippen molar-refractivity contribution in [3.8, 4) is 0 Å². The summed E-state index contributed by atoms with van der Waals surface area (Å²) in [7, 11) is -2.61. The summed E-state index contributed by atoms with van der Waals surface area (Å²) in [4.78, 5) is 25.3. The van der Waals surface area contributed by atoms with Gasteiger partial charge in [-0.3, -0.25) is 13.9 Å². The van der Waals surface area contributed by atoms with E-state index in [4.69, 9.17) is 0 Å². The minimum Gasteiger partial charge on any atom is -0.289 e. The number of alkyl halides is 3. The molecule has 0 amide bonds. The van der Waals surface area contributed by atoms with Gasteiger partial charge in [0.25, 0.3) is 5.56 Å². The van der Waals surface area contributed by atoms with E-state index in [2.05, 4.69) is 4.72 Å². The smallest absolute Gasteiger partial charge is 0.289 e. The minimum absolute atomic E-state index is 0.0165. The zero-order valence-corrected chi connectivity index (χ0v) is 18.0. The monoisotopic (exact) mass is 467 g/mol. The molecule has 3 aromatic rings. The van der Waals surface area contributed by atoms with E-state index < -0.39 is 38.6 Å². The third-order valence-corrected chi connectivity index (χ3v) is 7.26. The van der Waals surface area contributed by atoms with E-state index in [9.17, 15) is 31.2 Å². The van der Waals surface area contributed by atoms with Gasteiger partial charge in [0.2, 0.25) is 10.0 Å². The Balaban J connectivity index is 1.80. The largest absolute Gasteiger partial charge is 0.416 e. The second kappa shape index (κ2) is 7.31. The summed E-state index contributed by atoms with van der Waals surface area (Å²) in [6.45, 7) is 1.69. The van der Waals surface area contributed by atoms with Crippen LogP contribution in [-0.2, 0) is 29.8 Å². The van der Waals surface area contributed by atoms with Gasteiger partial charge in [0.1, 0.15) is 0 Å². The van der Waals surface area contributed by atoms with E-state index in [1.165, 1.54) is 41.9 Å². The maximum absolute atomic E-state index is 12.8. The van der Waals surface area contributed by atoms with Crippen molar-refractivity contribution in [3.05, 3.63) is 74.4 Å². The highest BCUT2D eigenvalue weighted by molar-refractivity contribution is 7.89. The molecule has 11 heteroatoms. The third kappa shape index (κ3) is 4.09. The summed E-state index contributed by atoms with van der Waals surface area (Å²) in [5, 5.41) is 0.0165. The minimum atomic E-state index is -4.48. The van der Waals surface area contributed by atoms with E-state index in [-0.39, 0.29) is 22.3 Å². The van der Waals surface area contributed by atoms with Crippen LogP contribution in [0.1, 0.15) is 30.9 Å². The van der Waals surface area contributed by atoms with Crippen molar-refractivity contribution >= 4 is 20.9 Å². The average molecular weight is 467 g/mol. The van der Waals surface area contributed by atoms with Crippen molar-refractivity contribution in [2.75, 3.05) is 0 Å². The molecule has 32 heavy (non-hydrogen) atoms. The molecule has 0 spiro atoms. The summed E-state index contributed by atoms with van der Waals surface area (Å²) in [5.74, 6) is 0. The Hall–Kier alpha value is -2.92. The van der Waals surface area contributed by atoms with Crippen LogP contribution in [-0.4, -0.2) is 23.1 Å². The first-order chi connectivity index (χ1) is 14.8. The van der Waals surface area contributed by atoms with Gasteiger partial charge in [-0.15, -0.1) is 0 Å². The van der Waals surface area contributed by atoms with Gasteiger partial charge in [0.15, 0.2) is 0 Å². The predicted molar refractivity (Wildman–Crippen MR) is 112 cm³/mol. The highest BCUT2D eigenvalue weighted by atomic mass is 32.2. The van der Waals surface area contributed by atoms with Crippen molar-refractivity contribution < 1.29 is 21.6 Å². The molecule has 7 nitrogen and oxygen atoms in total. The van der Waals surface area contributed by atoms with Gasteiger partial charge in [-0.1, -0.05) is 12.1 Å². The molecule has 1 fully saturated rings. The van der Waals surface area contributed by atoms with Gasteiger partial charge >= 0.3 is 11.9 Å². The zero-order chi connectivity index (χ0) is 23.5. The lowest BCUT2D eigenvalue weighted by molar-refractivity contribution is -0.137. The van der Waals surface area contributed by atoms with Gasteiger partial charge in [-0.05, 0) is 55.7 Å². The zero-order valence-electron chi connectivity index (χ0n) is 17.2. The third-order valence-electron chi connectivity index (χ3n) is 5.62. The van der Waals surface area contributed by atoms with E-state index in [1.54, 1.807) is 6.92 Å².